The monoisotopic (exact) mass is 662 g/mol. The Kier molecular flexibility index (Phi) is 8.67. The summed E-state index contributed by atoms with van der Waals surface area (Å²) in [5, 5.41) is -1.42. The van der Waals surface area contributed by atoms with Gasteiger partial charge in [-0.2, -0.15) is 0 Å². The fraction of sp³-hybridized carbons (Fsp3) is 0.306. The summed E-state index contributed by atoms with van der Waals surface area (Å²) in [4.78, 5) is 14.4. The van der Waals surface area contributed by atoms with Crippen LogP contribution in [0.25, 0.3) is 0 Å². The SMILES string of the molecule is COc1ccc(C2CC(=O)[C@@H]3CC(S(=O)(=O)c4ccc(Cl)cc4)C(c4ccc(C)cc4)CC3C2S(=O)(=O)c2ccccc2)cc1. The Balaban J connectivity index is 1.50. The molecule has 2 fully saturated rings. The zero-order valence-corrected chi connectivity index (χ0v) is 27.4. The number of sulfone groups is 2. The highest BCUT2D eigenvalue weighted by Gasteiger charge is 2.56. The van der Waals surface area contributed by atoms with Gasteiger partial charge in [-0.25, -0.2) is 16.8 Å². The quantitative estimate of drug-likeness (QED) is 0.208. The molecule has 0 spiro atoms. The van der Waals surface area contributed by atoms with E-state index >= 15 is 0 Å². The summed E-state index contributed by atoms with van der Waals surface area (Å²) in [5.74, 6) is -1.91. The number of aryl methyl sites for hydroxylation is 1. The van der Waals surface area contributed by atoms with E-state index in [-0.39, 0.29) is 34.8 Å². The van der Waals surface area contributed by atoms with Gasteiger partial charge in [-0.05, 0) is 85.3 Å². The second-order valence-corrected chi connectivity index (χ2v) is 16.9. The third-order valence-electron chi connectivity index (χ3n) is 9.65. The smallest absolute Gasteiger partial charge is 0.182 e. The molecule has 0 bridgehead atoms. The minimum Gasteiger partial charge on any atom is -0.497 e. The summed E-state index contributed by atoms with van der Waals surface area (Å²) >= 11 is 6.08. The molecule has 6 rings (SSSR count). The molecular weight excluding hydrogens is 628 g/mol. The van der Waals surface area contributed by atoms with E-state index in [1.54, 1.807) is 61.7 Å². The lowest BCUT2D eigenvalue weighted by molar-refractivity contribution is -0.128. The average molecular weight is 663 g/mol. The number of halogens is 1. The minimum absolute atomic E-state index is 0.00708. The number of ether oxygens (including phenoxy) is 1. The van der Waals surface area contributed by atoms with Gasteiger partial charge in [0.25, 0.3) is 0 Å². The molecule has 0 radical (unpaired) electrons. The van der Waals surface area contributed by atoms with Crippen molar-refractivity contribution in [1.29, 1.82) is 0 Å². The maximum Gasteiger partial charge on any atom is 0.182 e. The van der Waals surface area contributed by atoms with Gasteiger partial charge in [0.15, 0.2) is 19.7 Å². The van der Waals surface area contributed by atoms with Gasteiger partial charge in [0.2, 0.25) is 0 Å². The lowest BCUT2D eigenvalue weighted by atomic mass is 9.61. The zero-order valence-electron chi connectivity index (χ0n) is 25.0. The summed E-state index contributed by atoms with van der Waals surface area (Å²) < 4.78 is 63.1. The first-order valence-corrected chi connectivity index (χ1v) is 18.5. The molecule has 0 heterocycles. The zero-order chi connectivity index (χ0) is 31.9. The molecular formula is C36H35ClO6S2. The predicted octanol–water partition coefficient (Wildman–Crippen LogP) is 7.21. The van der Waals surface area contributed by atoms with Crippen LogP contribution in [0.3, 0.4) is 0 Å². The number of carbonyl (C=O) groups excluding carboxylic acids is 1. The van der Waals surface area contributed by atoms with Crippen LogP contribution in [0.2, 0.25) is 5.02 Å². The summed E-state index contributed by atoms with van der Waals surface area (Å²) in [6, 6.07) is 29.4. The fourth-order valence-corrected chi connectivity index (χ4v) is 11.8. The predicted molar refractivity (Wildman–Crippen MR) is 175 cm³/mol. The van der Waals surface area contributed by atoms with Crippen LogP contribution in [0.1, 0.15) is 47.8 Å². The number of carbonyl (C=O) groups is 1. The van der Waals surface area contributed by atoms with Crippen LogP contribution < -0.4 is 4.74 Å². The number of methoxy groups -OCH3 is 1. The topological polar surface area (TPSA) is 94.6 Å². The fourth-order valence-electron chi connectivity index (χ4n) is 7.39. The highest BCUT2D eigenvalue weighted by molar-refractivity contribution is 7.92. The van der Waals surface area contributed by atoms with Gasteiger partial charge in [0.1, 0.15) is 11.5 Å². The van der Waals surface area contributed by atoms with E-state index in [0.29, 0.717) is 10.8 Å². The molecule has 0 aromatic heterocycles. The van der Waals surface area contributed by atoms with Gasteiger partial charge < -0.3 is 4.74 Å². The van der Waals surface area contributed by atoms with Gasteiger partial charge in [-0.15, -0.1) is 0 Å². The molecule has 4 aromatic carbocycles. The van der Waals surface area contributed by atoms with Gasteiger partial charge >= 0.3 is 0 Å². The Morgan fingerprint density at radius 2 is 1.24 bits per heavy atom. The lowest BCUT2D eigenvalue weighted by Crippen LogP contribution is -2.53. The van der Waals surface area contributed by atoms with E-state index in [1.807, 2.05) is 43.3 Å². The maximum atomic E-state index is 14.6. The molecule has 4 aromatic rings. The van der Waals surface area contributed by atoms with Crippen molar-refractivity contribution in [3.63, 3.8) is 0 Å². The van der Waals surface area contributed by atoms with E-state index in [2.05, 4.69) is 0 Å². The van der Waals surface area contributed by atoms with Crippen LogP contribution in [0.4, 0.5) is 0 Å². The largest absolute Gasteiger partial charge is 0.497 e. The van der Waals surface area contributed by atoms with Gasteiger partial charge in [-0.1, -0.05) is 71.8 Å². The summed E-state index contributed by atoms with van der Waals surface area (Å²) in [6.45, 7) is 1.96. The normalized spacial score (nSPS) is 25.4. The molecule has 6 nitrogen and oxygen atoms in total. The van der Waals surface area contributed by atoms with Crippen LogP contribution >= 0.6 is 11.6 Å². The van der Waals surface area contributed by atoms with Crippen molar-refractivity contribution in [1.82, 2.24) is 0 Å². The van der Waals surface area contributed by atoms with Crippen LogP contribution in [0.15, 0.2) is 113 Å². The number of ketones is 1. The van der Waals surface area contributed by atoms with Crippen molar-refractivity contribution in [2.45, 2.75) is 58.3 Å². The van der Waals surface area contributed by atoms with Crippen LogP contribution in [-0.4, -0.2) is 40.2 Å². The van der Waals surface area contributed by atoms with Gasteiger partial charge in [-0.3, -0.25) is 4.79 Å². The second kappa shape index (κ2) is 12.4. The summed E-state index contributed by atoms with van der Waals surface area (Å²) in [7, 11) is -6.29. The Morgan fingerprint density at radius 3 is 1.87 bits per heavy atom. The molecule has 2 saturated carbocycles. The molecule has 6 atom stereocenters. The van der Waals surface area contributed by atoms with E-state index in [4.69, 9.17) is 16.3 Å². The minimum atomic E-state index is -3.94. The van der Waals surface area contributed by atoms with Crippen molar-refractivity contribution < 1.29 is 26.4 Å². The molecule has 2 aliphatic rings. The molecule has 234 valence electrons. The van der Waals surface area contributed by atoms with E-state index < -0.39 is 53.8 Å². The number of benzene rings is 4. The third-order valence-corrected chi connectivity index (χ3v) is 14.5. The van der Waals surface area contributed by atoms with Crippen LogP contribution in [0.5, 0.6) is 5.75 Å². The maximum absolute atomic E-state index is 14.6. The Hall–Kier alpha value is -3.46. The molecule has 5 unspecified atom stereocenters. The molecule has 0 aliphatic heterocycles. The highest BCUT2D eigenvalue weighted by atomic mass is 35.5. The third kappa shape index (κ3) is 5.96. The van der Waals surface area contributed by atoms with Crippen molar-refractivity contribution in [2.75, 3.05) is 7.11 Å². The number of Topliss-reactive ketones (excluding diaryl/α,β-unsaturated/α-hetero) is 1. The van der Waals surface area contributed by atoms with E-state index in [0.717, 1.165) is 16.7 Å². The van der Waals surface area contributed by atoms with E-state index in [9.17, 15) is 21.6 Å². The number of hydrogen-bond donors (Lipinski definition) is 0. The van der Waals surface area contributed by atoms with E-state index in [1.165, 1.54) is 12.1 Å². The molecule has 45 heavy (non-hydrogen) atoms. The average Bonchev–Trinajstić information content (AvgIpc) is 3.05. The lowest BCUT2D eigenvalue weighted by Gasteiger charge is -2.48. The van der Waals surface area contributed by atoms with Crippen molar-refractivity contribution in [3.05, 3.63) is 125 Å². The first kappa shape index (κ1) is 31.5. The van der Waals surface area contributed by atoms with Crippen LogP contribution in [-0.2, 0) is 24.5 Å². The van der Waals surface area contributed by atoms with Crippen LogP contribution in [0, 0.1) is 18.8 Å². The Labute approximate surface area is 270 Å². The molecule has 0 N–H and O–H groups in total. The standard InChI is InChI=1S/C36H35ClO6S2/c1-23-8-10-24(11-9-23)30-20-33-32(22-35(30)44(39,40)29-18-14-26(37)15-19-29)34(38)21-31(25-12-16-27(43-2)17-13-25)36(33)45(41,42)28-6-4-3-5-7-28/h3-19,30-33,35-36H,20-22H2,1-2H3/t30?,31?,32-,33?,35?,36?/m1/s1. The molecule has 2 aliphatic carbocycles. The van der Waals surface area contributed by atoms with Gasteiger partial charge in [0.05, 0.1) is 27.4 Å². The van der Waals surface area contributed by atoms with Crippen molar-refractivity contribution >= 4 is 37.1 Å². The molecule has 0 saturated heterocycles. The number of rotatable bonds is 7. The summed E-state index contributed by atoms with van der Waals surface area (Å²) in [6.07, 6.45) is 0.288. The summed E-state index contributed by atoms with van der Waals surface area (Å²) in [5.41, 5.74) is 2.59. The molecule has 9 heteroatoms. The first-order valence-electron chi connectivity index (χ1n) is 15.0. The molecule has 0 amide bonds. The highest BCUT2D eigenvalue weighted by Crippen LogP contribution is 2.54. The van der Waals surface area contributed by atoms with Crippen molar-refractivity contribution in [2.24, 2.45) is 11.8 Å². The number of hydrogen-bond acceptors (Lipinski definition) is 6. The second-order valence-electron chi connectivity index (χ2n) is 12.2. The Bertz CT molecular complexity index is 1890. The first-order chi connectivity index (χ1) is 21.5. The van der Waals surface area contributed by atoms with Crippen molar-refractivity contribution in [3.8, 4) is 5.75 Å². The number of fused-ring (bicyclic) bond motifs is 1. The van der Waals surface area contributed by atoms with Gasteiger partial charge in [0, 0.05) is 29.2 Å². The Morgan fingerprint density at radius 1 is 0.667 bits per heavy atom.